The van der Waals surface area contributed by atoms with Gasteiger partial charge in [-0.25, -0.2) is 4.98 Å². The van der Waals surface area contributed by atoms with Gasteiger partial charge in [0.2, 0.25) is 0 Å². The Morgan fingerprint density at radius 2 is 1.96 bits per heavy atom. The van der Waals surface area contributed by atoms with Gasteiger partial charge in [0.05, 0.1) is 23.7 Å². The second kappa shape index (κ2) is 6.31. The van der Waals surface area contributed by atoms with E-state index in [1.165, 1.54) is 18.7 Å². The first-order chi connectivity index (χ1) is 12.1. The highest BCUT2D eigenvalue weighted by Gasteiger charge is 2.44. The molecule has 0 saturated carbocycles. The van der Waals surface area contributed by atoms with Gasteiger partial charge in [-0.05, 0) is 38.7 Å². The summed E-state index contributed by atoms with van der Waals surface area (Å²) in [6.45, 7) is 1.83. The van der Waals surface area contributed by atoms with Crippen LogP contribution >= 0.6 is 0 Å². The number of rotatable bonds is 3. The number of aryl methyl sites for hydroxylation is 1. The second-order valence-corrected chi connectivity index (χ2v) is 6.79. The number of hydrogen-bond acceptors (Lipinski definition) is 5. The van der Waals surface area contributed by atoms with Gasteiger partial charge in [-0.3, -0.25) is 14.6 Å². The highest BCUT2D eigenvalue weighted by molar-refractivity contribution is 5.95. The molecule has 2 saturated heterocycles. The van der Waals surface area contributed by atoms with Gasteiger partial charge in [-0.15, -0.1) is 0 Å². The fourth-order valence-corrected chi connectivity index (χ4v) is 3.93. The van der Waals surface area contributed by atoms with Crippen molar-refractivity contribution in [3.8, 4) is 0 Å². The maximum absolute atomic E-state index is 12.7. The molecule has 0 aliphatic carbocycles. The molecule has 2 aromatic heterocycles. The van der Waals surface area contributed by atoms with E-state index in [0.29, 0.717) is 11.3 Å². The molecular formula is C18H20N4O3. The number of hydrogen-bond donors (Lipinski definition) is 1. The summed E-state index contributed by atoms with van der Waals surface area (Å²) in [6, 6.07) is 2.08. The first-order valence-electron chi connectivity index (χ1n) is 8.56. The van der Waals surface area contributed by atoms with Gasteiger partial charge >= 0.3 is 0 Å². The van der Waals surface area contributed by atoms with Crippen molar-refractivity contribution in [3.63, 3.8) is 0 Å². The van der Waals surface area contributed by atoms with Gasteiger partial charge in [-0.2, -0.15) is 0 Å². The quantitative estimate of drug-likeness (QED) is 0.922. The predicted molar refractivity (Wildman–Crippen MR) is 88.9 cm³/mol. The molecular weight excluding hydrogens is 320 g/mol. The third-order valence-corrected chi connectivity index (χ3v) is 5.08. The minimum atomic E-state index is -0.202. The van der Waals surface area contributed by atoms with Crippen LogP contribution in [0.25, 0.3) is 0 Å². The van der Waals surface area contributed by atoms with Crippen LogP contribution in [0.4, 0.5) is 0 Å². The molecule has 4 heterocycles. The van der Waals surface area contributed by atoms with Crippen molar-refractivity contribution in [1.29, 1.82) is 0 Å². The number of nitrogens with one attached hydrogen (secondary N) is 1. The minimum absolute atomic E-state index is 0.0235. The minimum Gasteiger partial charge on any atom is -0.472 e. The summed E-state index contributed by atoms with van der Waals surface area (Å²) in [4.78, 5) is 35.2. The Balaban J connectivity index is 1.42. The van der Waals surface area contributed by atoms with Crippen LogP contribution in [0.1, 0.15) is 52.2 Å². The number of piperidine rings is 1. The van der Waals surface area contributed by atoms with Crippen LogP contribution in [0.5, 0.6) is 0 Å². The van der Waals surface area contributed by atoms with E-state index in [2.05, 4.69) is 15.3 Å². The molecule has 25 heavy (non-hydrogen) atoms. The molecule has 2 bridgehead atoms. The Labute approximate surface area is 145 Å². The van der Waals surface area contributed by atoms with Crippen LogP contribution in [-0.4, -0.2) is 44.8 Å². The molecule has 4 rings (SSSR count). The van der Waals surface area contributed by atoms with E-state index in [1.807, 2.05) is 11.8 Å². The molecule has 3 atom stereocenters. The monoisotopic (exact) mass is 340 g/mol. The third kappa shape index (κ3) is 3.01. The van der Waals surface area contributed by atoms with Crippen LogP contribution in [0.15, 0.2) is 35.4 Å². The van der Waals surface area contributed by atoms with E-state index < -0.39 is 0 Å². The standard InChI is InChI=1S/C18H20N4O3/c1-11-8-20-16(9-19-11)17(23)21-13-6-14-2-3-15(7-13)22(14)18(24)12-4-5-25-10-12/h4-5,8-10,13-15H,2-3,6-7H2,1H3,(H,21,23)/t13?,14-,15+. The largest absolute Gasteiger partial charge is 0.472 e. The number of nitrogens with zero attached hydrogens (tertiary/aromatic N) is 3. The molecule has 0 radical (unpaired) electrons. The normalized spacial score (nSPS) is 25.0. The highest BCUT2D eigenvalue weighted by Crippen LogP contribution is 2.36. The molecule has 0 aromatic carbocycles. The summed E-state index contributed by atoms with van der Waals surface area (Å²) in [5.74, 6) is -0.179. The number of carbonyl (C=O) groups excluding carboxylic acids is 2. The predicted octanol–water partition coefficient (Wildman–Crippen LogP) is 1.94. The maximum atomic E-state index is 12.7. The van der Waals surface area contributed by atoms with Gasteiger partial charge in [0, 0.05) is 24.3 Å². The van der Waals surface area contributed by atoms with Crippen LogP contribution in [-0.2, 0) is 0 Å². The third-order valence-electron chi connectivity index (χ3n) is 5.08. The molecule has 2 aliphatic heterocycles. The smallest absolute Gasteiger partial charge is 0.271 e. The SMILES string of the molecule is Cc1cnc(C(=O)NC2C[C@H]3CC[C@@H](C2)N3C(=O)c2ccoc2)cn1. The van der Waals surface area contributed by atoms with E-state index >= 15 is 0 Å². The van der Waals surface area contributed by atoms with E-state index in [9.17, 15) is 9.59 Å². The first-order valence-corrected chi connectivity index (χ1v) is 8.56. The van der Waals surface area contributed by atoms with Crippen molar-refractivity contribution in [2.24, 2.45) is 0 Å². The van der Waals surface area contributed by atoms with Gasteiger partial charge < -0.3 is 14.6 Å². The average Bonchev–Trinajstić information content (AvgIpc) is 3.22. The molecule has 0 spiro atoms. The summed E-state index contributed by atoms with van der Waals surface area (Å²) in [5, 5.41) is 3.05. The topological polar surface area (TPSA) is 88.3 Å². The van der Waals surface area contributed by atoms with Gasteiger partial charge in [0.25, 0.3) is 11.8 Å². The number of fused-ring (bicyclic) bond motifs is 2. The van der Waals surface area contributed by atoms with Gasteiger partial charge in [0.1, 0.15) is 12.0 Å². The van der Waals surface area contributed by atoms with Gasteiger partial charge in [0.15, 0.2) is 0 Å². The highest BCUT2D eigenvalue weighted by atomic mass is 16.3. The molecule has 130 valence electrons. The average molecular weight is 340 g/mol. The molecule has 2 amide bonds. The van der Waals surface area contributed by atoms with Crippen molar-refractivity contribution in [1.82, 2.24) is 20.2 Å². The summed E-state index contributed by atoms with van der Waals surface area (Å²) < 4.78 is 5.03. The molecule has 1 N–H and O–H groups in total. The Hall–Kier alpha value is -2.70. The van der Waals surface area contributed by atoms with E-state index in [-0.39, 0.29) is 29.9 Å². The van der Waals surface area contributed by atoms with Crippen molar-refractivity contribution in [2.45, 2.75) is 50.7 Å². The van der Waals surface area contributed by atoms with Crippen LogP contribution in [0.3, 0.4) is 0 Å². The van der Waals surface area contributed by atoms with E-state index in [0.717, 1.165) is 31.4 Å². The van der Waals surface area contributed by atoms with Crippen LogP contribution in [0, 0.1) is 6.92 Å². The fraction of sp³-hybridized carbons (Fsp3) is 0.444. The Bertz CT molecular complexity index is 758. The maximum Gasteiger partial charge on any atom is 0.271 e. The number of aromatic nitrogens is 2. The van der Waals surface area contributed by atoms with Crippen molar-refractivity contribution < 1.29 is 14.0 Å². The summed E-state index contributed by atoms with van der Waals surface area (Å²) in [6.07, 6.45) is 9.59. The van der Waals surface area contributed by atoms with E-state index in [4.69, 9.17) is 4.42 Å². The van der Waals surface area contributed by atoms with Crippen molar-refractivity contribution in [3.05, 3.63) is 47.9 Å². The zero-order chi connectivity index (χ0) is 17.4. The second-order valence-electron chi connectivity index (χ2n) is 6.79. The lowest BCUT2D eigenvalue weighted by Crippen LogP contribution is -2.52. The molecule has 2 aliphatic rings. The van der Waals surface area contributed by atoms with Gasteiger partial charge in [-0.1, -0.05) is 0 Å². The summed E-state index contributed by atoms with van der Waals surface area (Å²) in [5.41, 5.74) is 1.70. The lowest BCUT2D eigenvalue weighted by molar-refractivity contribution is 0.0548. The number of amides is 2. The van der Waals surface area contributed by atoms with Crippen molar-refractivity contribution >= 4 is 11.8 Å². The molecule has 2 fully saturated rings. The Kier molecular flexibility index (Phi) is 3.99. The summed E-state index contributed by atoms with van der Waals surface area (Å²) in [7, 11) is 0. The Morgan fingerprint density at radius 1 is 1.20 bits per heavy atom. The molecule has 2 aromatic rings. The molecule has 1 unspecified atom stereocenters. The fourth-order valence-electron chi connectivity index (χ4n) is 3.93. The van der Waals surface area contributed by atoms with Crippen LogP contribution in [0.2, 0.25) is 0 Å². The molecule has 7 heteroatoms. The zero-order valence-electron chi connectivity index (χ0n) is 14.0. The zero-order valence-corrected chi connectivity index (χ0v) is 14.0. The Morgan fingerprint density at radius 3 is 2.56 bits per heavy atom. The number of carbonyl (C=O) groups is 2. The van der Waals surface area contributed by atoms with E-state index in [1.54, 1.807) is 12.3 Å². The molecule has 7 nitrogen and oxygen atoms in total. The summed E-state index contributed by atoms with van der Waals surface area (Å²) >= 11 is 0. The lowest BCUT2D eigenvalue weighted by atomic mass is 9.96. The number of furan rings is 1. The van der Waals surface area contributed by atoms with Crippen molar-refractivity contribution in [2.75, 3.05) is 0 Å². The lowest BCUT2D eigenvalue weighted by Gasteiger charge is -2.39. The first kappa shape index (κ1) is 15.8. The van der Waals surface area contributed by atoms with Crippen LogP contribution < -0.4 is 5.32 Å².